The Morgan fingerprint density at radius 1 is 1.23 bits per heavy atom. The van der Waals surface area contributed by atoms with Crippen molar-refractivity contribution in [1.29, 1.82) is 0 Å². The van der Waals surface area contributed by atoms with Crippen LogP contribution in [0.2, 0.25) is 0 Å². The highest BCUT2D eigenvalue weighted by molar-refractivity contribution is 5.90. The van der Waals surface area contributed by atoms with Crippen molar-refractivity contribution in [2.24, 2.45) is 0 Å². The number of anilines is 2. The number of benzene rings is 1. The maximum absolute atomic E-state index is 14.5. The van der Waals surface area contributed by atoms with Gasteiger partial charge in [0.2, 0.25) is 11.9 Å². The second-order valence-corrected chi connectivity index (χ2v) is 7.60. The van der Waals surface area contributed by atoms with Crippen LogP contribution in [0.3, 0.4) is 0 Å². The summed E-state index contributed by atoms with van der Waals surface area (Å²) in [6, 6.07) is 7.37. The highest BCUT2D eigenvalue weighted by Gasteiger charge is 2.25. The number of nitrogens with zero attached hydrogens (tertiary/aromatic N) is 3. The summed E-state index contributed by atoms with van der Waals surface area (Å²) in [6.07, 6.45) is 4.23. The number of nitrogens with one attached hydrogen (secondary N) is 2. The normalized spacial score (nSPS) is 21.3. The maximum Gasteiger partial charge on any atom is 0.414 e. The first-order valence-corrected chi connectivity index (χ1v) is 10.1. The zero-order chi connectivity index (χ0) is 21.1. The van der Waals surface area contributed by atoms with Crippen molar-refractivity contribution in [2.45, 2.75) is 44.7 Å². The van der Waals surface area contributed by atoms with Crippen molar-refractivity contribution in [3.63, 3.8) is 0 Å². The van der Waals surface area contributed by atoms with Crippen molar-refractivity contribution < 1.29 is 18.7 Å². The number of halogens is 1. The van der Waals surface area contributed by atoms with Crippen molar-refractivity contribution in [3.05, 3.63) is 36.3 Å². The summed E-state index contributed by atoms with van der Waals surface area (Å²) in [5, 5.41) is 6.23. The summed E-state index contributed by atoms with van der Waals surface area (Å²) in [5.74, 6) is -0.182. The number of aromatic nitrogens is 2. The molecule has 2 aliphatic rings. The molecule has 1 aliphatic carbocycles. The molecule has 1 saturated heterocycles. The van der Waals surface area contributed by atoms with Crippen LogP contribution in [0.4, 0.5) is 20.8 Å². The highest BCUT2D eigenvalue weighted by atomic mass is 19.1. The van der Waals surface area contributed by atoms with Crippen LogP contribution in [-0.2, 0) is 9.53 Å². The minimum absolute atomic E-state index is 0.0117. The third kappa shape index (κ3) is 4.50. The van der Waals surface area contributed by atoms with E-state index in [0.717, 1.165) is 31.9 Å². The Kier molecular flexibility index (Phi) is 5.78. The van der Waals surface area contributed by atoms with E-state index in [1.807, 2.05) is 0 Å². The van der Waals surface area contributed by atoms with Gasteiger partial charge in [0.05, 0.1) is 12.7 Å². The third-order valence-electron chi connectivity index (χ3n) is 5.40. The molecule has 1 aliphatic heterocycles. The van der Waals surface area contributed by atoms with E-state index >= 15 is 0 Å². The number of rotatable bonds is 5. The van der Waals surface area contributed by atoms with Gasteiger partial charge in [0, 0.05) is 30.3 Å². The molecule has 1 aromatic heterocycles. The van der Waals surface area contributed by atoms with Crippen LogP contribution in [0.1, 0.15) is 32.6 Å². The number of amides is 2. The molecule has 2 N–H and O–H groups in total. The molecule has 1 saturated carbocycles. The fraction of sp³-hybridized carbons (Fsp3) is 0.429. The standard InChI is InChI=1S/C21H24FN5O3/c1-13(28)24-15-5-7-16(8-6-15)25-20-23-12-18(22)19(26-20)14-3-2-4-17(11-14)27-9-10-30-21(27)29/h2-4,11-12,15-16H,5-10H2,1H3,(H,24,28)(H,23,25,26)/t15-,16-. The van der Waals surface area contributed by atoms with Crippen molar-refractivity contribution >= 4 is 23.6 Å². The van der Waals surface area contributed by atoms with Crippen LogP contribution >= 0.6 is 0 Å². The first-order valence-electron chi connectivity index (χ1n) is 10.1. The largest absolute Gasteiger partial charge is 0.447 e. The molecule has 4 rings (SSSR count). The van der Waals surface area contributed by atoms with Crippen LogP contribution in [0, 0.1) is 5.82 Å². The lowest BCUT2D eigenvalue weighted by molar-refractivity contribution is -0.119. The summed E-state index contributed by atoms with van der Waals surface area (Å²) in [4.78, 5) is 33.0. The SMILES string of the molecule is CC(=O)N[C@H]1CC[C@H](Nc2ncc(F)c(-c3cccc(N4CCOC4=O)c3)n2)CC1. The van der Waals surface area contributed by atoms with Gasteiger partial charge in [-0.3, -0.25) is 9.69 Å². The van der Waals surface area contributed by atoms with Crippen molar-refractivity contribution in [3.8, 4) is 11.3 Å². The molecule has 0 unspecified atom stereocenters. The molecule has 2 fully saturated rings. The maximum atomic E-state index is 14.5. The molecular formula is C21H24FN5O3. The zero-order valence-corrected chi connectivity index (χ0v) is 16.7. The van der Waals surface area contributed by atoms with E-state index in [-0.39, 0.29) is 23.7 Å². The van der Waals surface area contributed by atoms with E-state index < -0.39 is 11.9 Å². The summed E-state index contributed by atoms with van der Waals surface area (Å²) < 4.78 is 19.5. The van der Waals surface area contributed by atoms with Gasteiger partial charge in [0.15, 0.2) is 5.82 Å². The summed E-state index contributed by atoms with van der Waals surface area (Å²) in [7, 11) is 0. The topological polar surface area (TPSA) is 96.5 Å². The van der Waals surface area contributed by atoms with Crippen LogP contribution in [0.15, 0.2) is 30.5 Å². The molecule has 0 bridgehead atoms. The average Bonchev–Trinajstić information content (AvgIpc) is 3.16. The molecule has 0 atom stereocenters. The first kappa shape index (κ1) is 20.1. The molecule has 2 amide bonds. The smallest absolute Gasteiger partial charge is 0.414 e. The number of carbonyl (C=O) groups excluding carboxylic acids is 2. The Morgan fingerprint density at radius 2 is 2.00 bits per heavy atom. The van der Waals surface area contributed by atoms with Gasteiger partial charge in [-0.1, -0.05) is 12.1 Å². The molecule has 2 heterocycles. The minimum atomic E-state index is -0.531. The van der Waals surface area contributed by atoms with Crippen LogP contribution in [0.5, 0.6) is 0 Å². The Hall–Kier alpha value is -3.23. The van der Waals surface area contributed by atoms with E-state index in [1.165, 1.54) is 11.8 Å². The monoisotopic (exact) mass is 413 g/mol. The quantitative estimate of drug-likeness (QED) is 0.782. The zero-order valence-electron chi connectivity index (χ0n) is 16.7. The Labute approximate surface area is 173 Å². The summed E-state index contributed by atoms with van der Waals surface area (Å²) in [6.45, 7) is 2.32. The fourth-order valence-electron chi connectivity index (χ4n) is 3.94. The second kappa shape index (κ2) is 8.64. The number of cyclic esters (lactones) is 1. The lowest BCUT2D eigenvalue weighted by Gasteiger charge is -2.29. The molecule has 9 heteroatoms. The molecule has 1 aromatic carbocycles. The highest BCUT2D eigenvalue weighted by Crippen LogP contribution is 2.28. The van der Waals surface area contributed by atoms with Crippen LogP contribution in [0.25, 0.3) is 11.3 Å². The molecule has 0 spiro atoms. The van der Waals surface area contributed by atoms with E-state index in [4.69, 9.17) is 4.74 Å². The second-order valence-electron chi connectivity index (χ2n) is 7.60. The average molecular weight is 413 g/mol. The Bertz CT molecular complexity index is 946. The summed E-state index contributed by atoms with van der Waals surface area (Å²) in [5.41, 5.74) is 1.37. The van der Waals surface area contributed by atoms with Crippen molar-refractivity contribution in [1.82, 2.24) is 15.3 Å². The number of hydrogen-bond acceptors (Lipinski definition) is 6. The summed E-state index contributed by atoms with van der Waals surface area (Å²) >= 11 is 0. The number of hydrogen-bond donors (Lipinski definition) is 2. The molecule has 0 radical (unpaired) electrons. The van der Waals surface area contributed by atoms with Gasteiger partial charge in [-0.05, 0) is 37.8 Å². The van der Waals surface area contributed by atoms with Gasteiger partial charge in [0.1, 0.15) is 12.3 Å². The molecular weight excluding hydrogens is 389 g/mol. The fourth-order valence-corrected chi connectivity index (χ4v) is 3.94. The Balaban J connectivity index is 1.48. The molecule has 2 aromatic rings. The lowest BCUT2D eigenvalue weighted by Crippen LogP contribution is -2.39. The van der Waals surface area contributed by atoms with Crippen molar-refractivity contribution in [2.75, 3.05) is 23.4 Å². The van der Waals surface area contributed by atoms with Gasteiger partial charge in [0.25, 0.3) is 0 Å². The predicted octanol–water partition coefficient (Wildman–Crippen LogP) is 3.10. The van der Waals surface area contributed by atoms with Crippen LogP contribution in [-0.4, -0.2) is 47.2 Å². The Morgan fingerprint density at radius 3 is 2.70 bits per heavy atom. The number of carbonyl (C=O) groups is 2. The molecule has 158 valence electrons. The molecule has 30 heavy (non-hydrogen) atoms. The first-order chi connectivity index (χ1) is 14.5. The van der Waals surface area contributed by atoms with Gasteiger partial charge < -0.3 is 15.4 Å². The molecule has 8 nitrogen and oxygen atoms in total. The van der Waals surface area contributed by atoms with E-state index in [9.17, 15) is 14.0 Å². The van der Waals surface area contributed by atoms with Gasteiger partial charge in [-0.25, -0.2) is 19.2 Å². The van der Waals surface area contributed by atoms with Gasteiger partial charge in [-0.15, -0.1) is 0 Å². The third-order valence-corrected chi connectivity index (χ3v) is 5.40. The minimum Gasteiger partial charge on any atom is -0.447 e. The van der Waals surface area contributed by atoms with E-state index in [1.54, 1.807) is 24.3 Å². The van der Waals surface area contributed by atoms with Crippen LogP contribution < -0.4 is 15.5 Å². The predicted molar refractivity (Wildman–Crippen MR) is 110 cm³/mol. The number of ether oxygens (including phenoxy) is 1. The van der Waals surface area contributed by atoms with E-state index in [0.29, 0.717) is 30.4 Å². The van der Waals surface area contributed by atoms with Gasteiger partial charge in [-0.2, -0.15) is 0 Å². The van der Waals surface area contributed by atoms with Gasteiger partial charge >= 0.3 is 6.09 Å². The van der Waals surface area contributed by atoms with E-state index in [2.05, 4.69) is 20.6 Å². The lowest BCUT2D eigenvalue weighted by atomic mass is 9.91.